The van der Waals surface area contributed by atoms with E-state index in [2.05, 4.69) is 15.6 Å². The van der Waals surface area contributed by atoms with Crippen molar-refractivity contribution in [3.8, 4) is 16.8 Å². The van der Waals surface area contributed by atoms with Crippen LogP contribution in [0, 0.1) is 5.82 Å². The van der Waals surface area contributed by atoms with E-state index in [4.69, 9.17) is 25.3 Å². The van der Waals surface area contributed by atoms with Crippen LogP contribution in [0.1, 0.15) is 16.2 Å². The molecule has 12 nitrogen and oxygen atoms in total. The van der Waals surface area contributed by atoms with Gasteiger partial charge in [0.25, 0.3) is 5.91 Å². The number of nitrogens with one attached hydrogen (secondary N) is 1. The third-order valence-electron chi connectivity index (χ3n) is 5.92. The first kappa shape index (κ1) is 33.4. The van der Waals surface area contributed by atoms with E-state index >= 15 is 4.39 Å². The number of carbonyl (C=O) groups is 2. The average molecular weight is 675 g/mol. The third-order valence-corrected chi connectivity index (χ3v) is 6.89. The number of amides is 1. The lowest BCUT2D eigenvalue weighted by atomic mass is 10.0. The molecule has 1 amide bonds. The minimum atomic E-state index is -5.08. The summed E-state index contributed by atoms with van der Waals surface area (Å²) in [5.41, 5.74) is 3.99. The molecule has 0 aliphatic carbocycles. The zero-order valence-electron chi connectivity index (χ0n) is 22.4. The minimum Gasteiger partial charge on any atom is -0.475 e. The van der Waals surface area contributed by atoms with Gasteiger partial charge in [0.15, 0.2) is 17.1 Å². The van der Waals surface area contributed by atoms with Crippen LogP contribution in [0.5, 0.6) is 0 Å². The van der Waals surface area contributed by atoms with Gasteiger partial charge in [-0.1, -0.05) is 29.4 Å². The molecule has 5 rings (SSSR count). The van der Waals surface area contributed by atoms with Gasteiger partial charge in [-0.25, -0.2) is 27.4 Å². The van der Waals surface area contributed by atoms with Crippen molar-refractivity contribution < 1.29 is 58.4 Å². The summed E-state index contributed by atoms with van der Waals surface area (Å²) in [6.45, 7) is 0. The summed E-state index contributed by atoms with van der Waals surface area (Å²) in [5.74, 6) is -4.86. The number of benzene rings is 3. The second kappa shape index (κ2) is 12.1. The van der Waals surface area contributed by atoms with Gasteiger partial charge < -0.3 is 20.7 Å². The maximum absolute atomic E-state index is 15.0. The van der Waals surface area contributed by atoms with Gasteiger partial charge in [-0.15, -0.1) is 0 Å². The van der Waals surface area contributed by atoms with E-state index in [0.29, 0.717) is 6.07 Å². The second-order valence-corrected chi connectivity index (χ2v) is 10.6. The topological polar surface area (TPSA) is 196 Å². The molecular weight excluding hydrogens is 657 g/mol. The molecule has 0 saturated heterocycles. The number of nitrogens with zero attached hydrogens (tertiary/aromatic N) is 3. The summed E-state index contributed by atoms with van der Waals surface area (Å²) in [6, 6.07) is 13.7. The van der Waals surface area contributed by atoms with Gasteiger partial charge in [0.2, 0.25) is 10.0 Å². The number of sulfonamides is 1. The molecule has 0 fully saturated rings. The highest BCUT2D eigenvalue weighted by Crippen LogP contribution is 2.32. The fourth-order valence-corrected chi connectivity index (χ4v) is 4.64. The number of fused-ring (bicyclic) bond motifs is 1. The third kappa shape index (κ3) is 7.24. The lowest BCUT2D eigenvalue weighted by Crippen LogP contribution is -2.21. The molecule has 242 valence electrons. The molecule has 46 heavy (non-hydrogen) atoms. The van der Waals surface area contributed by atoms with E-state index in [1.165, 1.54) is 48.5 Å². The Labute approximate surface area is 252 Å². The molecule has 0 saturated carbocycles. The van der Waals surface area contributed by atoms with E-state index in [0.717, 1.165) is 16.8 Å². The van der Waals surface area contributed by atoms with Crippen LogP contribution in [0.3, 0.4) is 0 Å². The van der Waals surface area contributed by atoms with Gasteiger partial charge in [0, 0.05) is 11.6 Å². The quantitative estimate of drug-likeness (QED) is 0.186. The first-order valence-electron chi connectivity index (χ1n) is 12.1. The predicted octanol–water partition coefficient (Wildman–Crippen LogP) is 4.95. The monoisotopic (exact) mass is 674 g/mol. The Morgan fingerprint density at radius 3 is 2.20 bits per heavy atom. The number of hydrogen-bond acceptors (Lipinski definition) is 8. The summed E-state index contributed by atoms with van der Waals surface area (Å²) in [4.78, 5) is 21.7. The van der Waals surface area contributed by atoms with Crippen molar-refractivity contribution in [2.24, 2.45) is 5.14 Å². The number of primary sulfonamides is 1. The summed E-state index contributed by atoms with van der Waals surface area (Å²) < 4.78 is 117. The summed E-state index contributed by atoms with van der Waals surface area (Å²) in [7, 11) is -4.12. The zero-order valence-corrected chi connectivity index (χ0v) is 23.2. The lowest BCUT2D eigenvalue weighted by Gasteiger charge is -2.12. The number of rotatable bonds is 5. The van der Waals surface area contributed by atoms with Gasteiger partial charge in [0.1, 0.15) is 11.5 Å². The fraction of sp³-hybridized carbons (Fsp3) is 0.0769. The standard InChI is InChI=1S/C24H16F4N6O4S.C2HF3O2/c25-16-9-12(14-3-1-2-4-20(14)39(30,36)37)5-7-17(16)31-23(35)18-11-21(24(26,27)28)32-34(18)13-6-8-19-15(10-13)22(29)33-38-19;3-2(4,5)1(6)7/h1-11H,(H2,29,33)(H,31,35)(H2,30,36,37);(H,6,7). The van der Waals surface area contributed by atoms with Gasteiger partial charge in [0.05, 0.1) is 21.7 Å². The molecule has 0 unspecified atom stereocenters. The number of carboxylic acid groups (broad SMARTS) is 1. The number of nitrogen functional groups attached to an aromatic ring is 1. The van der Waals surface area contributed by atoms with Crippen LogP contribution < -0.4 is 16.2 Å². The highest BCUT2D eigenvalue weighted by atomic mass is 32.2. The molecule has 0 aliphatic heterocycles. The van der Waals surface area contributed by atoms with Crippen molar-refractivity contribution in [3.63, 3.8) is 0 Å². The van der Waals surface area contributed by atoms with E-state index in [1.54, 1.807) is 0 Å². The molecule has 6 N–H and O–H groups in total. The molecule has 3 aromatic carbocycles. The highest BCUT2D eigenvalue weighted by Gasteiger charge is 2.38. The van der Waals surface area contributed by atoms with E-state index < -0.39 is 51.5 Å². The molecule has 5 aromatic rings. The van der Waals surface area contributed by atoms with Gasteiger partial charge in [-0.3, -0.25) is 4.79 Å². The Hall–Kier alpha value is -5.50. The molecule has 2 aromatic heterocycles. The maximum atomic E-state index is 15.0. The highest BCUT2D eigenvalue weighted by molar-refractivity contribution is 7.89. The van der Waals surface area contributed by atoms with E-state index in [9.17, 15) is 39.6 Å². The van der Waals surface area contributed by atoms with Gasteiger partial charge >= 0.3 is 18.3 Å². The lowest BCUT2D eigenvalue weighted by molar-refractivity contribution is -0.192. The Bertz CT molecular complexity index is 2070. The summed E-state index contributed by atoms with van der Waals surface area (Å²) in [6.07, 6.45) is -9.97. The number of aliphatic carboxylic acids is 1. The number of carboxylic acids is 1. The second-order valence-electron chi connectivity index (χ2n) is 9.07. The average Bonchev–Trinajstić information content (AvgIpc) is 3.58. The molecule has 0 atom stereocenters. The van der Waals surface area contributed by atoms with E-state index in [1.807, 2.05) is 0 Å². The van der Waals surface area contributed by atoms with Crippen molar-refractivity contribution in [2.45, 2.75) is 17.2 Å². The number of anilines is 2. The number of halogens is 7. The van der Waals surface area contributed by atoms with Crippen molar-refractivity contribution in [2.75, 3.05) is 11.1 Å². The SMILES string of the molecule is Nc1noc2ccc(-n3nc(C(F)(F)F)cc3C(=O)Nc3ccc(-c4ccccc4S(N)(=O)=O)cc3F)cc12.O=C(O)C(F)(F)F. The molecular formula is C26H17F7N6O6S. The Morgan fingerprint density at radius 2 is 1.61 bits per heavy atom. The Balaban J connectivity index is 0.000000617. The number of carbonyl (C=O) groups excluding carboxylic acids is 1. The number of aromatic nitrogens is 3. The molecule has 0 aliphatic rings. The predicted molar refractivity (Wildman–Crippen MR) is 145 cm³/mol. The Kier molecular flexibility index (Phi) is 8.80. The van der Waals surface area contributed by atoms with Crippen molar-refractivity contribution in [1.29, 1.82) is 0 Å². The molecule has 0 spiro atoms. The first-order valence-corrected chi connectivity index (χ1v) is 13.7. The molecule has 0 radical (unpaired) electrons. The molecule has 0 bridgehead atoms. The van der Waals surface area contributed by atoms with Crippen LogP contribution in [0.15, 0.2) is 76.1 Å². The Morgan fingerprint density at radius 1 is 0.957 bits per heavy atom. The fourth-order valence-electron chi connectivity index (χ4n) is 3.88. The summed E-state index contributed by atoms with van der Waals surface area (Å²) >= 11 is 0. The summed E-state index contributed by atoms with van der Waals surface area (Å²) in [5, 5.41) is 22.0. The molecule has 2 heterocycles. The smallest absolute Gasteiger partial charge is 0.475 e. The van der Waals surface area contributed by atoms with Crippen molar-refractivity contribution in [1.82, 2.24) is 14.9 Å². The largest absolute Gasteiger partial charge is 0.490 e. The van der Waals surface area contributed by atoms with Crippen LogP contribution in [-0.4, -0.2) is 46.5 Å². The van der Waals surface area contributed by atoms with E-state index in [-0.39, 0.29) is 44.2 Å². The van der Waals surface area contributed by atoms with Crippen LogP contribution in [0.2, 0.25) is 0 Å². The van der Waals surface area contributed by atoms with Crippen molar-refractivity contribution >= 4 is 44.4 Å². The van der Waals surface area contributed by atoms with Crippen LogP contribution in [0.4, 0.5) is 42.2 Å². The normalized spacial score (nSPS) is 12.0. The minimum absolute atomic E-state index is 0.0211. The number of hydrogen-bond donors (Lipinski definition) is 4. The maximum Gasteiger partial charge on any atom is 0.490 e. The van der Waals surface area contributed by atoms with Gasteiger partial charge in [-0.05, 0) is 42.0 Å². The number of alkyl halides is 6. The van der Waals surface area contributed by atoms with Crippen LogP contribution >= 0.6 is 0 Å². The van der Waals surface area contributed by atoms with Crippen molar-refractivity contribution in [3.05, 3.63) is 83.9 Å². The first-order chi connectivity index (χ1) is 21.3. The number of nitrogens with two attached hydrogens (primary N) is 2. The molecule has 20 heteroatoms. The van der Waals surface area contributed by atoms with Crippen LogP contribution in [-0.2, 0) is 21.0 Å². The zero-order chi connectivity index (χ0) is 34.2. The van der Waals surface area contributed by atoms with Crippen LogP contribution in [0.25, 0.3) is 27.8 Å². The van der Waals surface area contributed by atoms with Gasteiger partial charge in [-0.2, -0.15) is 31.4 Å².